The number of aromatic nitrogens is 2. The fraction of sp³-hybridized carbons (Fsp3) is 0.778. The lowest BCUT2D eigenvalue weighted by Crippen LogP contribution is -2.35. The molecule has 134 valence electrons. The molecule has 1 atom stereocenters. The average molecular weight is 333 g/mol. The van der Waals surface area contributed by atoms with E-state index in [-0.39, 0.29) is 11.8 Å². The Morgan fingerprint density at radius 2 is 1.96 bits per heavy atom. The standard InChI is InChI=1S/C18H31N5O/c19-11-17(14-5-3-1-2-4-6-14)18(24)22-15-12-21-23(13-15)16-7-9-20-10-8-16/h12-14,16-17,20H,1-11,19H2,(H,22,24). The van der Waals surface area contributed by atoms with Crippen LogP contribution in [0.4, 0.5) is 5.69 Å². The number of hydrogen-bond donors (Lipinski definition) is 3. The number of nitrogens with two attached hydrogens (primary N) is 1. The van der Waals surface area contributed by atoms with Crippen LogP contribution in [0.15, 0.2) is 12.4 Å². The normalized spacial score (nSPS) is 22.0. The lowest BCUT2D eigenvalue weighted by molar-refractivity contribution is -0.121. The molecule has 0 spiro atoms. The van der Waals surface area contributed by atoms with Gasteiger partial charge in [0.05, 0.1) is 23.8 Å². The number of nitrogens with zero attached hydrogens (tertiary/aromatic N) is 2. The summed E-state index contributed by atoms with van der Waals surface area (Å²) in [6.07, 6.45) is 13.2. The van der Waals surface area contributed by atoms with Gasteiger partial charge in [-0.3, -0.25) is 9.48 Å². The van der Waals surface area contributed by atoms with Gasteiger partial charge in [0, 0.05) is 12.7 Å². The Labute approximate surface area is 144 Å². The van der Waals surface area contributed by atoms with Crippen LogP contribution in [-0.4, -0.2) is 35.3 Å². The Bertz CT molecular complexity index is 515. The first-order chi connectivity index (χ1) is 11.8. The number of nitrogens with one attached hydrogen (secondary N) is 2. The summed E-state index contributed by atoms with van der Waals surface area (Å²) in [5.41, 5.74) is 6.74. The fourth-order valence-corrected chi connectivity index (χ4v) is 4.14. The second-order valence-corrected chi connectivity index (χ2v) is 7.27. The van der Waals surface area contributed by atoms with Gasteiger partial charge in [-0.15, -0.1) is 0 Å². The minimum absolute atomic E-state index is 0.0641. The molecule has 4 N–H and O–H groups in total. The molecule has 1 aliphatic carbocycles. The van der Waals surface area contributed by atoms with Crippen LogP contribution in [0, 0.1) is 11.8 Å². The summed E-state index contributed by atoms with van der Waals surface area (Å²) in [4.78, 5) is 12.7. The molecule has 0 bridgehead atoms. The van der Waals surface area contributed by atoms with Crippen molar-refractivity contribution in [1.82, 2.24) is 15.1 Å². The van der Waals surface area contributed by atoms with Crippen molar-refractivity contribution in [3.05, 3.63) is 12.4 Å². The maximum Gasteiger partial charge on any atom is 0.229 e. The third kappa shape index (κ3) is 4.36. The van der Waals surface area contributed by atoms with E-state index in [1.54, 1.807) is 6.20 Å². The maximum atomic E-state index is 12.7. The van der Waals surface area contributed by atoms with Gasteiger partial charge in [0.2, 0.25) is 5.91 Å². The highest BCUT2D eigenvalue weighted by Crippen LogP contribution is 2.29. The summed E-state index contributed by atoms with van der Waals surface area (Å²) in [5.74, 6) is 0.413. The van der Waals surface area contributed by atoms with Crippen molar-refractivity contribution in [2.75, 3.05) is 25.0 Å². The van der Waals surface area contributed by atoms with E-state index in [1.807, 2.05) is 10.9 Å². The van der Waals surface area contributed by atoms with Gasteiger partial charge < -0.3 is 16.4 Å². The second kappa shape index (κ2) is 8.62. The molecule has 1 saturated carbocycles. The molecule has 3 rings (SSSR count). The van der Waals surface area contributed by atoms with E-state index in [0.29, 0.717) is 18.5 Å². The number of piperidine rings is 1. The van der Waals surface area contributed by atoms with E-state index < -0.39 is 0 Å². The number of anilines is 1. The summed E-state index contributed by atoms with van der Waals surface area (Å²) >= 11 is 0. The highest BCUT2D eigenvalue weighted by atomic mass is 16.1. The molecule has 1 aromatic heterocycles. The first-order valence-corrected chi connectivity index (χ1v) is 9.53. The van der Waals surface area contributed by atoms with Crippen molar-refractivity contribution in [1.29, 1.82) is 0 Å². The van der Waals surface area contributed by atoms with Crippen molar-refractivity contribution in [2.24, 2.45) is 17.6 Å². The van der Waals surface area contributed by atoms with Gasteiger partial charge in [-0.2, -0.15) is 5.10 Å². The van der Waals surface area contributed by atoms with Crippen LogP contribution >= 0.6 is 0 Å². The first-order valence-electron chi connectivity index (χ1n) is 9.53. The van der Waals surface area contributed by atoms with Crippen LogP contribution in [0.5, 0.6) is 0 Å². The smallest absolute Gasteiger partial charge is 0.229 e. The van der Waals surface area contributed by atoms with E-state index in [0.717, 1.165) is 44.5 Å². The van der Waals surface area contributed by atoms with Crippen LogP contribution in [-0.2, 0) is 4.79 Å². The van der Waals surface area contributed by atoms with E-state index in [4.69, 9.17) is 5.73 Å². The first kappa shape index (κ1) is 17.4. The Kier molecular flexibility index (Phi) is 6.26. The molecule has 1 aromatic rings. The highest BCUT2D eigenvalue weighted by Gasteiger charge is 2.28. The lowest BCUT2D eigenvalue weighted by Gasteiger charge is -2.24. The number of rotatable bonds is 5. The molecular formula is C18H31N5O. The third-order valence-corrected chi connectivity index (χ3v) is 5.61. The summed E-state index contributed by atoms with van der Waals surface area (Å²) in [6, 6.07) is 0.434. The van der Waals surface area contributed by atoms with Crippen molar-refractivity contribution in [2.45, 2.75) is 57.4 Å². The Morgan fingerprint density at radius 1 is 1.25 bits per heavy atom. The SMILES string of the molecule is NCC(C(=O)Nc1cnn(C2CCNCC2)c1)C1CCCCCC1. The molecular weight excluding hydrogens is 302 g/mol. The van der Waals surface area contributed by atoms with Crippen LogP contribution in [0.1, 0.15) is 57.4 Å². The van der Waals surface area contributed by atoms with E-state index >= 15 is 0 Å². The van der Waals surface area contributed by atoms with Crippen LogP contribution in [0.2, 0.25) is 0 Å². The summed E-state index contributed by atoms with van der Waals surface area (Å²) in [6.45, 7) is 2.49. The number of carbonyl (C=O) groups excluding carboxylic acids is 1. The molecule has 1 unspecified atom stereocenters. The summed E-state index contributed by atoms with van der Waals surface area (Å²) < 4.78 is 2.00. The molecule has 1 saturated heterocycles. The zero-order chi connectivity index (χ0) is 16.8. The molecule has 2 aliphatic rings. The Balaban J connectivity index is 1.59. The minimum Gasteiger partial charge on any atom is -0.330 e. The third-order valence-electron chi connectivity index (χ3n) is 5.61. The number of amides is 1. The molecule has 6 nitrogen and oxygen atoms in total. The maximum absolute atomic E-state index is 12.7. The number of hydrogen-bond acceptors (Lipinski definition) is 4. The zero-order valence-corrected chi connectivity index (χ0v) is 14.5. The van der Waals surface area contributed by atoms with Gasteiger partial charge in [0.25, 0.3) is 0 Å². The zero-order valence-electron chi connectivity index (χ0n) is 14.5. The molecule has 6 heteroatoms. The highest BCUT2D eigenvalue weighted by molar-refractivity contribution is 5.92. The largest absolute Gasteiger partial charge is 0.330 e. The summed E-state index contributed by atoms with van der Waals surface area (Å²) in [5, 5.41) is 10.9. The predicted molar refractivity (Wildman–Crippen MR) is 95.7 cm³/mol. The van der Waals surface area contributed by atoms with Crippen molar-refractivity contribution < 1.29 is 4.79 Å². The van der Waals surface area contributed by atoms with E-state index in [9.17, 15) is 4.79 Å². The Morgan fingerprint density at radius 3 is 2.62 bits per heavy atom. The van der Waals surface area contributed by atoms with Crippen LogP contribution < -0.4 is 16.4 Å². The van der Waals surface area contributed by atoms with Gasteiger partial charge in [-0.05, 0) is 44.7 Å². The van der Waals surface area contributed by atoms with Gasteiger partial charge in [-0.25, -0.2) is 0 Å². The van der Waals surface area contributed by atoms with E-state index in [2.05, 4.69) is 15.7 Å². The van der Waals surface area contributed by atoms with Crippen LogP contribution in [0.3, 0.4) is 0 Å². The molecule has 24 heavy (non-hydrogen) atoms. The number of carbonyl (C=O) groups is 1. The molecule has 1 amide bonds. The fourth-order valence-electron chi connectivity index (χ4n) is 4.14. The summed E-state index contributed by atoms with van der Waals surface area (Å²) in [7, 11) is 0. The molecule has 0 radical (unpaired) electrons. The average Bonchev–Trinajstić information content (AvgIpc) is 2.90. The molecule has 2 heterocycles. The van der Waals surface area contributed by atoms with Crippen molar-refractivity contribution in [3.63, 3.8) is 0 Å². The van der Waals surface area contributed by atoms with Crippen molar-refractivity contribution >= 4 is 11.6 Å². The monoisotopic (exact) mass is 333 g/mol. The quantitative estimate of drug-likeness (QED) is 0.722. The second-order valence-electron chi connectivity index (χ2n) is 7.27. The van der Waals surface area contributed by atoms with Gasteiger partial charge in [-0.1, -0.05) is 25.7 Å². The molecule has 2 fully saturated rings. The molecule has 1 aliphatic heterocycles. The van der Waals surface area contributed by atoms with Crippen LogP contribution in [0.25, 0.3) is 0 Å². The minimum atomic E-state index is -0.0784. The predicted octanol–water partition coefficient (Wildman–Crippen LogP) is 2.29. The lowest BCUT2D eigenvalue weighted by atomic mass is 9.85. The van der Waals surface area contributed by atoms with E-state index in [1.165, 1.54) is 25.7 Å². The topological polar surface area (TPSA) is 85.0 Å². The van der Waals surface area contributed by atoms with Gasteiger partial charge >= 0.3 is 0 Å². The molecule has 0 aromatic carbocycles. The van der Waals surface area contributed by atoms with Gasteiger partial charge in [0.15, 0.2) is 0 Å². The Hall–Kier alpha value is -1.40. The van der Waals surface area contributed by atoms with Crippen molar-refractivity contribution in [3.8, 4) is 0 Å². The van der Waals surface area contributed by atoms with Gasteiger partial charge in [0.1, 0.15) is 0 Å².